The summed E-state index contributed by atoms with van der Waals surface area (Å²) in [7, 11) is 1.75. The van der Waals surface area contributed by atoms with E-state index in [-0.39, 0.29) is 12.3 Å². The highest BCUT2D eigenvalue weighted by Gasteiger charge is 2.43. The summed E-state index contributed by atoms with van der Waals surface area (Å²) in [6.45, 7) is 1.57. The van der Waals surface area contributed by atoms with Crippen LogP contribution in [0, 0.1) is 0 Å². The molecular formula is C17H22BrNO4. The average Bonchev–Trinajstić information content (AvgIpc) is 2.55. The van der Waals surface area contributed by atoms with Crippen molar-refractivity contribution in [3.05, 3.63) is 34.3 Å². The van der Waals surface area contributed by atoms with E-state index in [4.69, 9.17) is 9.84 Å². The van der Waals surface area contributed by atoms with E-state index in [1.165, 1.54) is 0 Å². The second-order valence-corrected chi connectivity index (χ2v) is 6.84. The number of rotatable bonds is 6. The second kappa shape index (κ2) is 7.93. The highest BCUT2D eigenvalue weighted by Crippen LogP contribution is 2.37. The monoisotopic (exact) mass is 383 g/mol. The fraction of sp³-hybridized carbons (Fsp3) is 0.529. The van der Waals surface area contributed by atoms with Gasteiger partial charge < -0.3 is 14.7 Å². The molecule has 1 fully saturated rings. The number of aliphatic carboxylic acids is 1. The van der Waals surface area contributed by atoms with Crippen LogP contribution in [0.4, 0.5) is 0 Å². The zero-order valence-electron chi connectivity index (χ0n) is 13.3. The average molecular weight is 384 g/mol. The normalized spacial score (nSPS) is 16.8. The predicted octanol–water partition coefficient (Wildman–Crippen LogP) is 2.82. The third-order valence-corrected chi connectivity index (χ3v) is 4.91. The summed E-state index contributed by atoms with van der Waals surface area (Å²) in [4.78, 5) is 25.4. The Kier molecular flexibility index (Phi) is 6.18. The minimum atomic E-state index is -0.834. The van der Waals surface area contributed by atoms with Gasteiger partial charge in [0.2, 0.25) is 5.91 Å². The Morgan fingerprint density at radius 2 is 1.87 bits per heavy atom. The SMILES string of the molecule is CN(CCCC(=O)O)C(=O)C1(c2ccc(Br)cc2)CCOCC1. The molecule has 1 aliphatic rings. The Labute approximate surface area is 144 Å². The zero-order chi connectivity index (χ0) is 16.9. The van der Waals surface area contributed by atoms with Gasteiger partial charge in [-0.2, -0.15) is 0 Å². The first-order valence-electron chi connectivity index (χ1n) is 7.77. The van der Waals surface area contributed by atoms with Crippen molar-refractivity contribution in [2.75, 3.05) is 26.8 Å². The number of halogens is 1. The van der Waals surface area contributed by atoms with E-state index in [1.54, 1.807) is 11.9 Å². The van der Waals surface area contributed by atoms with Crippen LogP contribution in [0.15, 0.2) is 28.7 Å². The maximum Gasteiger partial charge on any atom is 0.303 e. The number of carboxylic acids is 1. The standard InChI is InChI=1S/C17H22BrNO4/c1-19(10-2-3-15(20)21)16(22)17(8-11-23-12-9-17)13-4-6-14(18)7-5-13/h4-7H,2-3,8-12H2,1H3,(H,20,21). The van der Waals surface area contributed by atoms with E-state index in [9.17, 15) is 9.59 Å². The first-order valence-corrected chi connectivity index (χ1v) is 8.56. The van der Waals surface area contributed by atoms with Gasteiger partial charge in [0.1, 0.15) is 0 Å². The molecule has 1 heterocycles. The molecule has 0 unspecified atom stereocenters. The largest absolute Gasteiger partial charge is 0.481 e. The van der Waals surface area contributed by atoms with Gasteiger partial charge in [0, 0.05) is 37.7 Å². The lowest BCUT2D eigenvalue weighted by Gasteiger charge is -2.39. The van der Waals surface area contributed by atoms with Crippen LogP contribution in [0.5, 0.6) is 0 Å². The third-order valence-electron chi connectivity index (χ3n) is 4.38. The molecule has 0 saturated carbocycles. The first kappa shape index (κ1) is 17.9. The summed E-state index contributed by atoms with van der Waals surface area (Å²) in [5.41, 5.74) is 0.427. The highest BCUT2D eigenvalue weighted by molar-refractivity contribution is 9.10. The number of carbonyl (C=O) groups is 2. The van der Waals surface area contributed by atoms with Crippen LogP contribution in [0.1, 0.15) is 31.2 Å². The summed E-state index contributed by atoms with van der Waals surface area (Å²) in [5, 5.41) is 8.74. The quantitative estimate of drug-likeness (QED) is 0.819. The Morgan fingerprint density at radius 3 is 2.43 bits per heavy atom. The van der Waals surface area contributed by atoms with E-state index in [2.05, 4.69) is 15.9 Å². The number of ether oxygens (including phenoxy) is 1. The molecule has 5 nitrogen and oxygen atoms in total. The van der Waals surface area contributed by atoms with Crippen molar-refractivity contribution in [2.45, 2.75) is 31.1 Å². The Hall–Kier alpha value is -1.40. The van der Waals surface area contributed by atoms with Crippen molar-refractivity contribution < 1.29 is 19.4 Å². The molecule has 1 N–H and O–H groups in total. The summed E-state index contributed by atoms with van der Waals surface area (Å²) >= 11 is 3.43. The first-order chi connectivity index (χ1) is 11.0. The van der Waals surface area contributed by atoms with Gasteiger partial charge in [-0.3, -0.25) is 9.59 Å². The molecule has 0 spiro atoms. The molecule has 0 radical (unpaired) electrons. The van der Waals surface area contributed by atoms with Crippen molar-refractivity contribution in [3.63, 3.8) is 0 Å². The van der Waals surface area contributed by atoms with Gasteiger partial charge in [0.25, 0.3) is 0 Å². The van der Waals surface area contributed by atoms with Gasteiger partial charge in [-0.15, -0.1) is 0 Å². The lowest BCUT2D eigenvalue weighted by Crippen LogP contribution is -2.49. The number of likely N-dealkylation sites (N-methyl/N-ethyl adjacent to an activating group) is 1. The van der Waals surface area contributed by atoms with Gasteiger partial charge in [-0.05, 0) is 37.0 Å². The Balaban J connectivity index is 2.18. The summed E-state index contributed by atoms with van der Waals surface area (Å²) in [6, 6.07) is 7.87. The van der Waals surface area contributed by atoms with Gasteiger partial charge in [-0.1, -0.05) is 28.1 Å². The fourth-order valence-electron chi connectivity index (χ4n) is 3.05. The van der Waals surface area contributed by atoms with E-state index >= 15 is 0 Å². The minimum Gasteiger partial charge on any atom is -0.481 e. The molecule has 126 valence electrons. The molecule has 1 saturated heterocycles. The van der Waals surface area contributed by atoms with Gasteiger partial charge >= 0.3 is 5.97 Å². The van der Waals surface area contributed by atoms with E-state index in [0.29, 0.717) is 39.0 Å². The van der Waals surface area contributed by atoms with Gasteiger partial charge in [0.05, 0.1) is 5.41 Å². The molecule has 0 atom stereocenters. The third kappa shape index (κ3) is 4.32. The molecule has 1 aromatic rings. The lowest BCUT2D eigenvalue weighted by atomic mass is 9.73. The fourth-order valence-corrected chi connectivity index (χ4v) is 3.31. The van der Waals surface area contributed by atoms with Crippen molar-refractivity contribution in [2.24, 2.45) is 0 Å². The molecule has 2 rings (SSSR count). The Bertz CT molecular complexity index is 552. The number of amides is 1. The number of hydrogen-bond donors (Lipinski definition) is 1. The summed E-state index contributed by atoms with van der Waals surface area (Å²) in [6.07, 6.45) is 1.84. The molecule has 23 heavy (non-hydrogen) atoms. The maximum atomic E-state index is 13.1. The van der Waals surface area contributed by atoms with Crippen LogP contribution in [0.25, 0.3) is 0 Å². The number of carboxylic acid groups (broad SMARTS) is 1. The number of carbonyl (C=O) groups excluding carboxylic acids is 1. The van der Waals surface area contributed by atoms with Crippen molar-refractivity contribution >= 4 is 27.8 Å². The highest BCUT2D eigenvalue weighted by atomic mass is 79.9. The van der Waals surface area contributed by atoms with Gasteiger partial charge in [0.15, 0.2) is 0 Å². The van der Waals surface area contributed by atoms with E-state index in [0.717, 1.165) is 10.0 Å². The zero-order valence-corrected chi connectivity index (χ0v) is 14.8. The number of hydrogen-bond acceptors (Lipinski definition) is 3. The van der Waals surface area contributed by atoms with E-state index in [1.807, 2.05) is 24.3 Å². The predicted molar refractivity (Wildman–Crippen MR) is 90.4 cm³/mol. The molecule has 0 aliphatic carbocycles. The van der Waals surface area contributed by atoms with Crippen LogP contribution in [0.2, 0.25) is 0 Å². The minimum absolute atomic E-state index is 0.0495. The van der Waals surface area contributed by atoms with Crippen LogP contribution >= 0.6 is 15.9 Å². The second-order valence-electron chi connectivity index (χ2n) is 5.93. The summed E-state index contributed by atoms with van der Waals surface area (Å²) in [5.74, 6) is -0.784. The molecule has 1 aliphatic heterocycles. The van der Waals surface area contributed by atoms with Crippen LogP contribution in [-0.4, -0.2) is 48.7 Å². The van der Waals surface area contributed by atoms with Crippen LogP contribution < -0.4 is 0 Å². The molecule has 0 bridgehead atoms. The topological polar surface area (TPSA) is 66.8 Å². The number of benzene rings is 1. The molecule has 6 heteroatoms. The van der Waals surface area contributed by atoms with Gasteiger partial charge in [-0.25, -0.2) is 0 Å². The van der Waals surface area contributed by atoms with E-state index < -0.39 is 11.4 Å². The molecule has 0 aromatic heterocycles. The van der Waals surface area contributed by atoms with Crippen molar-refractivity contribution in [1.29, 1.82) is 0 Å². The summed E-state index contributed by atoms with van der Waals surface area (Å²) < 4.78 is 6.43. The van der Waals surface area contributed by atoms with Crippen molar-refractivity contribution in [1.82, 2.24) is 4.90 Å². The molecule has 1 amide bonds. The Morgan fingerprint density at radius 1 is 1.26 bits per heavy atom. The molecular weight excluding hydrogens is 362 g/mol. The lowest BCUT2D eigenvalue weighted by molar-refractivity contribution is -0.141. The van der Waals surface area contributed by atoms with Crippen LogP contribution in [0.3, 0.4) is 0 Å². The number of nitrogens with zero attached hydrogens (tertiary/aromatic N) is 1. The maximum absolute atomic E-state index is 13.1. The smallest absolute Gasteiger partial charge is 0.303 e. The van der Waals surface area contributed by atoms with Crippen molar-refractivity contribution in [3.8, 4) is 0 Å². The van der Waals surface area contributed by atoms with Crippen LogP contribution in [-0.2, 0) is 19.7 Å². The molecule has 1 aromatic carbocycles.